The highest BCUT2D eigenvalue weighted by molar-refractivity contribution is 6.06. The molecule has 0 aliphatic carbocycles. The molecule has 1 fully saturated rings. The second-order valence-electron chi connectivity index (χ2n) is 10.7. The lowest BCUT2D eigenvalue weighted by molar-refractivity contribution is -0.138. The first-order valence-electron chi connectivity index (χ1n) is 14.1. The van der Waals surface area contributed by atoms with E-state index < -0.39 is 17.6 Å². The standard InChI is InChI=1S/C33H33F3N6O/c1-23-8-9-25(20-24(23)10-12-28-14-15-31(40-39-28)37-27-6-4-3-5-7-27)32(43)38-29-13-11-26(30(21-29)33(34,35)36)22-42-18-16-41(2)17-19-42/h3-9,11,13,20-21H,14-19,22H2,1-2H3,(H,37,40)(H,38,43). The van der Waals surface area contributed by atoms with Crippen LogP contribution in [-0.2, 0) is 12.7 Å². The van der Waals surface area contributed by atoms with Crippen molar-refractivity contribution in [3.63, 3.8) is 0 Å². The SMILES string of the molecule is Cc1ccc(C(=O)Nc2ccc(CN3CCN(C)CC3)c(C(F)(F)F)c2)cc1C#CC1=NNC(=Nc2ccccc2)CC1. The van der Waals surface area contributed by atoms with E-state index in [9.17, 15) is 18.0 Å². The van der Waals surface area contributed by atoms with Gasteiger partial charge in [0.25, 0.3) is 5.91 Å². The second kappa shape index (κ2) is 13.2. The number of aliphatic imine (C=N–C) groups is 1. The fourth-order valence-corrected chi connectivity index (χ4v) is 4.85. The van der Waals surface area contributed by atoms with Crippen molar-refractivity contribution in [1.82, 2.24) is 15.2 Å². The normalized spacial score (nSPS) is 17.0. The number of carbonyl (C=O) groups is 1. The molecular formula is C33H33F3N6O. The second-order valence-corrected chi connectivity index (χ2v) is 10.7. The molecule has 0 saturated carbocycles. The molecule has 3 aromatic carbocycles. The van der Waals surface area contributed by atoms with Crippen molar-refractivity contribution in [2.75, 3.05) is 38.5 Å². The van der Waals surface area contributed by atoms with Crippen molar-refractivity contribution in [3.05, 3.63) is 94.5 Å². The minimum absolute atomic E-state index is 0.0864. The van der Waals surface area contributed by atoms with Gasteiger partial charge in [0.2, 0.25) is 0 Å². The average molecular weight is 587 g/mol. The molecule has 2 aliphatic heterocycles. The molecule has 0 radical (unpaired) electrons. The molecule has 1 saturated heterocycles. The van der Waals surface area contributed by atoms with Gasteiger partial charge in [-0.1, -0.05) is 36.3 Å². The molecule has 7 nitrogen and oxygen atoms in total. The third kappa shape index (κ3) is 8.09. The average Bonchev–Trinajstić information content (AvgIpc) is 2.99. The molecule has 222 valence electrons. The molecule has 0 aromatic heterocycles. The lowest BCUT2D eigenvalue weighted by Crippen LogP contribution is -2.44. The van der Waals surface area contributed by atoms with Crippen molar-refractivity contribution in [2.24, 2.45) is 10.1 Å². The number of amides is 1. The van der Waals surface area contributed by atoms with Crippen molar-refractivity contribution in [1.29, 1.82) is 0 Å². The number of carbonyl (C=O) groups excluding carboxylic acids is 1. The van der Waals surface area contributed by atoms with Gasteiger partial charge in [0, 0.05) is 62.4 Å². The van der Waals surface area contributed by atoms with Gasteiger partial charge in [0.15, 0.2) is 0 Å². The molecule has 0 bridgehead atoms. The summed E-state index contributed by atoms with van der Waals surface area (Å²) in [5.74, 6) is 6.40. The van der Waals surface area contributed by atoms with Crippen LogP contribution in [0.4, 0.5) is 24.5 Å². The summed E-state index contributed by atoms with van der Waals surface area (Å²) in [5.41, 5.74) is 5.81. The monoisotopic (exact) mass is 586 g/mol. The number of piperazine rings is 1. The van der Waals surface area contributed by atoms with Gasteiger partial charge in [0.1, 0.15) is 11.5 Å². The van der Waals surface area contributed by atoms with Crippen LogP contribution in [0, 0.1) is 18.8 Å². The molecule has 2 aliphatic rings. The van der Waals surface area contributed by atoms with Gasteiger partial charge in [-0.3, -0.25) is 15.1 Å². The summed E-state index contributed by atoms with van der Waals surface area (Å²) < 4.78 is 42.0. The summed E-state index contributed by atoms with van der Waals surface area (Å²) in [6.07, 6.45) is -3.25. The Hall–Kier alpha value is -4.46. The first-order chi connectivity index (χ1) is 20.6. The number of nitrogens with zero attached hydrogens (tertiary/aromatic N) is 4. The topological polar surface area (TPSA) is 72.3 Å². The number of hydrogen-bond donors (Lipinski definition) is 2. The molecule has 0 unspecified atom stereocenters. The molecule has 2 N–H and O–H groups in total. The van der Waals surface area contributed by atoms with E-state index in [4.69, 9.17) is 0 Å². The Morgan fingerprint density at radius 2 is 1.77 bits per heavy atom. The Kier molecular flexibility index (Phi) is 9.24. The highest BCUT2D eigenvalue weighted by Crippen LogP contribution is 2.34. The number of hydrogen-bond acceptors (Lipinski definition) is 5. The number of amidine groups is 1. The van der Waals surface area contributed by atoms with Crippen LogP contribution in [0.15, 0.2) is 76.8 Å². The quantitative estimate of drug-likeness (QED) is 0.369. The minimum Gasteiger partial charge on any atom is -0.322 e. The van der Waals surface area contributed by atoms with E-state index in [1.54, 1.807) is 18.2 Å². The van der Waals surface area contributed by atoms with Crippen LogP contribution in [-0.4, -0.2) is 60.5 Å². The van der Waals surface area contributed by atoms with Gasteiger partial charge in [0.05, 0.1) is 11.3 Å². The molecule has 0 atom stereocenters. The highest BCUT2D eigenvalue weighted by Gasteiger charge is 2.34. The smallest absolute Gasteiger partial charge is 0.322 e. The number of para-hydroxylation sites is 1. The van der Waals surface area contributed by atoms with Gasteiger partial charge in [-0.15, -0.1) is 0 Å². The molecule has 5 rings (SSSR count). The lowest BCUT2D eigenvalue weighted by Gasteiger charge is -2.33. The molecule has 2 heterocycles. The Morgan fingerprint density at radius 3 is 2.47 bits per heavy atom. The van der Waals surface area contributed by atoms with Crippen LogP contribution in [0.1, 0.15) is 45.5 Å². The number of halogens is 3. The summed E-state index contributed by atoms with van der Waals surface area (Å²) in [6.45, 7) is 5.13. The van der Waals surface area contributed by atoms with Crippen LogP contribution in [0.25, 0.3) is 0 Å². The summed E-state index contributed by atoms with van der Waals surface area (Å²) in [4.78, 5) is 21.8. The molecule has 43 heavy (non-hydrogen) atoms. The van der Waals surface area contributed by atoms with Crippen LogP contribution in [0.5, 0.6) is 0 Å². The number of hydrazone groups is 1. The number of rotatable bonds is 5. The van der Waals surface area contributed by atoms with Crippen molar-refractivity contribution >= 4 is 28.8 Å². The van der Waals surface area contributed by atoms with Crippen LogP contribution >= 0.6 is 0 Å². The van der Waals surface area contributed by atoms with Gasteiger partial charge in [-0.2, -0.15) is 18.3 Å². The van der Waals surface area contributed by atoms with Crippen molar-refractivity contribution < 1.29 is 18.0 Å². The van der Waals surface area contributed by atoms with Crippen molar-refractivity contribution in [3.8, 4) is 11.8 Å². The largest absolute Gasteiger partial charge is 0.416 e. The van der Waals surface area contributed by atoms with E-state index >= 15 is 0 Å². The predicted molar refractivity (Wildman–Crippen MR) is 164 cm³/mol. The third-order valence-corrected chi connectivity index (χ3v) is 7.44. The Bertz CT molecular complexity index is 1600. The fraction of sp³-hybridized carbons (Fsp3) is 0.303. The van der Waals surface area contributed by atoms with E-state index in [-0.39, 0.29) is 17.8 Å². The van der Waals surface area contributed by atoms with Crippen molar-refractivity contribution in [2.45, 2.75) is 32.5 Å². The molecule has 1 amide bonds. The fourth-order valence-electron chi connectivity index (χ4n) is 4.85. The van der Waals surface area contributed by atoms with Gasteiger partial charge < -0.3 is 10.2 Å². The lowest BCUT2D eigenvalue weighted by atomic mass is 10.0. The Labute approximate surface area is 249 Å². The number of benzene rings is 3. The Morgan fingerprint density at radius 1 is 1.00 bits per heavy atom. The molecule has 10 heteroatoms. The molecular weight excluding hydrogens is 553 g/mol. The summed E-state index contributed by atoms with van der Waals surface area (Å²) in [7, 11) is 2.00. The first kappa shape index (κ1) is 30.0. The summed E-state index contributed by atoms with van der Waals surface area (Å²) >= 11 is 0. The van der Waals surface area contributed by atoms with E-state index in [0.29, 0.717) is 42.8 Å². The van der Waals surface area contributed by atoms with Gasteiger partial charge in [-0.05, 0) is 67.4 Å². The maximum atomic E-state index is 14.0. The van der Waals surface area contributed by atoms with Gasteiger partial charge in [-0.25, -0.2) is 4.99 Å². The number of alkyl halides is 3. The minimum atomic E-state index is -4.54. The first-order valence-corrected chi connectivity index (χ1v) is 14.1. The van der Waals surface area contributed by atoms with E-state index in [2.05, 4.69) is 37.6 Å². The molecule has 3 aromatic rings. The zero-order valence-electron chi connectivity index (χ0n) is 24.1. The highest BCUT2D eigenvalue weighted by atomic mass is 19.4. The Balaban J connectivity index is 1.27. The summed E-state index contributed by atoms with van der Waals surface area (Å²) in [5, 5.41) is 6.96. The maximum absolute atomic E-state index is 14.0. The van der Waals surface area contributed by atoms with Crippen LogP contribution < -0.4 is 10.7 Å². The van der Waals surface area contributed by atoms with E-state index in [1.807, 2.05) is 49.2 Å². The van der Waals surface area contributed by atoms with E-state index in [1.165, 1.54) is 12.1 Å². The predicted octanol–water partition coefficient (Wildman–Crippen LogP) is 5.83. The molecule has 0 spiro atoms. The number of nitrogens with one attached hydrogen (secondary N) is 2. The van der Waals surface area contributed by atoms with Crippen LogP contribution in [0.3, 0.4) is 0 Å². The van der Waals surface area contributed by atoms with Gasteiger partial charge >= 0.3 is 6.18 Å². The zero-order chi connectivity index (χ0) is 30.4. The van der Waals surface area contributed by atoms with Crippen LogP contribution in [0.2, 0.25) is 0 Å². The third-order valence-electron chi connectivity index (χ3n) is 7.44. The van der Waals surface area contributed by atoms with E-state index in [0.717, 1.165) is 36.2 Å². The zero-order valence-corrected chi connectivity index (χ0v) is 24.1. The number of likely N-dealkylation sites (N-methyl/N-ethyl adjacent to an activating group) is 1. The maximum Gasteiger partial charge on any atom is 0.416 e. The summed E-state index contributed by atoms with van der Waals surface area (Å²) in [6, 6.07) is 18.6. The number of aryl methyl sites for hydroxylation is 1. The number of anilines is 1.